The first-order valence-corrected chi connectivity index (χ1v) is 8.63. The van der Waals surface area contributed by atoms with E-state index in [0.29, 0.717) is 11.8 Å². The average Bonchev–Trinajstić information content (AvgIpc) is 2.51. The van der Waals surface area contributed by atoms with Crippen LogP contribution in [0.25, 0.3) is 0 Å². The van der Waals surface area contributed by atoms with Crippen LogP contribution in [-0.4, -0.2) is 24.0 Å². The maximum absolute atomic E-state index is 13.7. The average molecular weight is 356 g/mol. The molecular weight excluding hydrogens is 333 g/mol. The summed E-state index contributed by atoms with van der Waals surface area (Å²) in [4.78, 5) is 24.3. The molecule has 4 atom stereocenters. The molecule has 1 aliphatic carbocycles. The number of rotatable bonds is 4. The zero-order valence-corrected chi connectivity index (χ0v) is 14.9. The summed E-state index contributed by atoms with van der Waals surface area (Å²) in [7, 11) is 0. The van der Waals surface area contributed by atoms with Gasteiger partial charge in [0.15, 0.2) is 6.10 Å². The summed E-state index contributed by atoms with van der Waals surface area (Å²) in [6.07, 6.45) is 2.16. The molecule has 132 valence electrons. The largest absolute Gasteiger partial charge is 0.449 e. The van der Waals surface area contributed by atoms with E-state index in [-0.39, 0.29) is 22.5 Å². The summed E-state index contributed by atoms with van der Waals surface area (Å²) in [6.45, 7) is 5.78. The number of esters is 1. The minimum Gasteiger partial charge on any atom is -0.449 e. The van der Waals surface area contributed by atoms with Crippen molar-refractivity contribution in [3.63, 3.8) is 0 Å². The summed E-state index contributed by atoms with van der Waals surface area (Å²) < 4.78 is 18.8. The Morgan fingerprint density at radius 1 is 1.33 bits per heavy atom. The third kappa shape index (κ3) is 4.47. The van der Waals surface area contributed by atoms with Gasteiger partial charge in [-0.15, -0.1) is 0 Å². The molecule has 1 fully saturated rings. The number of hydrogen-bond acceptors (Lipinski definition) is 3. The molecule has 1 aromatic carbocycles. The number of halogens is 2. The number of nitrogens with one attached hydrogen (secondary N) is 1. The van der Waals surface area contributed by atoms with E-state index in [1.807, 2.05) is 0 Å². The molecule has 1 N–H and O–H groups in total. The Bertz CT molecular complexity index is 622. The minimum absolute atomic E-state index is 0.0784. The van der Waals surface area contributed by atoms with Crippen LogP contribution >= 0.6 is 11.6 Å². The molecule has 2 rings (SSSR count). The quantitative estimate of drug-likeness (QED) is 0.831. The lowest BCUT2D eigenvalue weighted by Crippen LogP contribution is -2.47. The van der Waals surface area contributed by atoms with Gasteiger partial charge in [0.2, 0.25) is 0 Å². The molecule has 0 aliphatic heterocycles. The van der Waals surface area contributed by atoms with Gasteiger partial charge in [0.25, 0.3) is 5.91 Å². The van der Waals surface area contributed by atoms with Crippen molar-refractivity contribution in [2.75, 3.05) is 0 Å². The van der Waals surface area contributed by atoms with Crippen LogP contribution in [0.15, 0.2) is 18.2 Å². The molecule has 1 saturated carbocycles. The summed E-state index contributed by atoms with van der Waals surface area (Å²) in [5.41, 5.74) is -0.237. The summed E-state index contributed by atoms with van der Waals surface area (Å²) in [5, 5.41) is 3.14. The highest BCUT2D eigenvalue weighted by atomic mass is 35.5. The van der Waals surface area contributed by atoms with Gasteiger partial charge in [0, 0.05) is 11.1 Å². The first-order chi connectivity index (χ1) is 11.3. The predicted molar refractivity (Wildman–Crippen MR) is 90.4 cm³/mol. The van der Waals surface area contributed by atoms with Crippen LogP contribution in [0, 0.1) is 17.7 Å². The number of hydrogen-bond donors (Lipinski definition) is 1. The Morgan fingerprint density at radius 3 is 2.71 bits per heavy atom. The minimum atomic E-state index is -0.989. The van der Waals surface area contributed by atoms with Crippen molar-refractivity contribution in [1.29, 1.82) is 0 Å². The molecule has 0 radical (unpaired) electrons. The Kier molecular flexibility index (Phi) is 6.21. The number of ether oxygens (including phenoxy) is 1. The van der Waals surface area contributed by atoms with Gasteiger partial charge in [0.05, 0.1) is 5.56 Å². The second-order valence-corrected chi connectivity index (χ2v) is 6.99. The van der Waals surface area contributed by atoms with E-state index in [1.54, 1.807) is 0 Å². The number of amides is 1. The van der Waals surface area contributed by atoms with Gasteiger partial charge in [-0.05, 0) is 43.4 Å². The standard InChI is InChI=1S/C18H23ClFNO3/c1-10-5-4-6-16(11(10)2)21-17(22)12(3)24-18(23)14-8-7-13(19)9-15(14)20/h7-12,16H,4-6H2,1-3H3,(H,21,22)/t10-,11+,12+,16-/m0/s1. The van der Waals surface area contributed by atoms with Gasteiger partial charge in [-0.25, -0.2) is 9.18 Å². The molecule has 0 bridgehead atoms. The molecule has 0 saturated heterocycles. The van der Waals surface area contributed by atoms with E-state index in [0.717, 1.165) is 25.3 Å². The molecule has 24 heavy (non-hydrogen) atoms. The lowest BCUT2D eigenvalue weighted by Gasteiger charge is -2.35. The summed E-state index contributed by atoms with van der Waals surface area (Å²) in [6, 6.07) is 3.76. The number of carbonyl (C=O) groups excluding carboxylic acids is 2. The lowest BCUT2D eigenvalue weighted by atomic mass is 9.78. The third-order valence-corrected chi connectivity index (χ3v) is 5.07. The van der Waals surface area contributed by atoms with Crippen molar-refractivity contribution in [1.82, 2.24) is 5.32 Å². The molecule has 1 aliphatic rings. The Morgan fingerprint density at radius 2 is 2.04 bits per heavy atom. The van der Waals surface area contributed by atoms with E-state index < -0.39 is 17.9 Å². The van der Waals surface area contributed by atoms with Gasteiger partial charge in [-0.2, -0.15) is 0 Å². The van der Waals surface area contributed by atoms with E-state index in [9.17, 15) is 14.0 Å². The van der Waals surface area contributed by atoms with Gasteiger partial charge in [-0.3, -0.25) is 4.79 Å². The van der Waals surface area contributed by atoms with Crippen molar-refractivity contribution in [2.45, 2.75) is 52.2 Å². The summed E-state index contributed by atoms with van der Waals surface area (Å²) >= 11 is 5.66. The van der Waals surface area contributed by atoms with Gasteiger partial charge in [-0.1, -0.05) is 38.3 Å². The molecular formula is C18H23ClFNO3. The van der Waals surface area contributed by atoms with Gasteiger partial charge in [0.1, 0.15) is 5.82 Å². The Balaban J connectivity index is 1.94. The first kappa shape index (κ1) is 18.7. The van der Waals surface area contributed by atoms with Crippen LogP contribution in [0.3, 0.4) is 0 Å². The smallest absolute Gasteiger partial charge is 0.341 e. The zero-order valence-electron chi connectivity index (χ0n) is 14.1. The van der Waals surface area contributed by atoms with E-state index >= 15 is 0 Å². The molecule has 1 amide bonds. The Hall–Kier alpha value is -1.62. The fraction of sp³-hybridized carbons (Fsp3) is 0.556. The maximum Gasteiger partial charge on any atom is 0.341 e. The van der Waals surface area contributed by atoms with Crippen LogP contribution in [-0.2, 0) is 9.53 Å². The lowest BCUT2D eigenvalue weighted by molar-refractivity contribution is -0.130. The van der Waals surface area contributed by atoms with Crippen molar-refractivity contribution >= 4 is 23.5 Å². The number of carbonyl (C=O) groups is 2. The highest BCUT2D eigenvalue weighted by molar-refractivity contribution is 6.30. The predicted octanol–water partition coefficient (Wildman–Crippen LogP) is 3.97. The van der Waals surface area contributed by atoms with Gasteiger partial charge < -0.3 is 10.1 Å². The molecule has 0 unspecified atom stereocenters. The van der Waals surface area contributed by atoms with Crippen molar-refractivity contribution in [2.24, 2.45) is 11.8 Å². The maximum atomic E-state index is 13.7. The van der Waals surface area contributed by atoms with Crippen LogP contribution in [0.2, 0.25) is 5.02 Å². The highest BCUT2D eigenvalue weighted by Gasteiger charge is 2.30. The second-order valence-electron chi connectivity index (χ2n) is 6.55. The molecule has 0 heterocycles. The van der Waals surface area contributed by atoms with Gasteiger partial charge >= 0.3 is 5.97 Å². The SMILES string of the molecule is C[C@H]1[C@@H](NC(=O)[C@@H](C)OC(=O)c2ccc(Cl)cc2F)CCC[C@@H]1C. The van der Waals surface area contributed by atoms with Crippen LogP contribution < -0.4 is 5.32 Å². The molecule has 1 aromatic rings. The molecule has 6 heteroatoms. The van der Waals surface area contributed by atoms with Crippen molar-refractivity contribution in [3.05, 3.63) is 34.6 Å². The topological polar surface area (TPSA) is 55.4 Å². The number of benzene rings is 1. The van der Waals surface area contributed by atoms with Crippen LogP contribution in [0.4, 0.5) is 4.39 Å². The fourth-order valence-electron chi connectivity index (χ4n) is 3.02. The van der Waals surface area contributed by atoms with Crippen LogP contribution in [0.5, 0.6) is 0 Å². The highest BCUT2D eigenvalue weighted by Crippen LogP contribution is 2.29. The zero-order chi connectivity index (χ0) is 17.9. The second kappa shape index (κ2) is 7.97. The van der Waals surface area contributed by atoms with Crippen molar-refractivity contribution < 1.29 is 18.7 Å². The van der Waals surface area contributed by atoms with Crippen molar-refractivity contribution in [3.8, 4) is 0 Å². The van der Waals surface area contributed by atoms with E-state index in [1.165, 1.54) is 19.1 Å². The van der Waals surface area contributed by atoms with E-state index in [4.69, 9.17) is 16.3 Å². The third-order valence-electron chi connectivity index (χ3n) is 4.84. The first-order valence-electron chi connectivity index (χ1n) is 8.26. The molecule has 4 nitrogen and oxygen atoms in total. The monoisotopic (exact) mass is 355 g/mol. The molecule has 0 spiro atoms. The molecule has 0 aromatic heterocycles. The normalized spacial score (nSPS) is 25.0. The Labute approximate surface area is 146 Å². The van der Waals surface area contributed by atoms with Crippen LogP contribution in [0.1, 0.15) is 50.4 Å². The van der Waals surface area contributed by atoms with E-state index in [2.05, 4.69) is 19.2 Å². The summed E-state index contributed by atoms with van der Waals surface area (Å²) in [5.74, 6) is -1.08. The fourth-order valence-corrected chi connectivity index (χ4v) is 3.18.